The van der Waals surface area contributed by atoms with E-state index in [1.165, 1.54) is 28.7 Å². The lowest BCUT2D eigenvalue weighted by Crippen LogP contribution is -2.49. The van der Waals surface area contributed by atoms with Crippen molar-refractivity contribution >= 4 is 50.0 Å². The fourth-order valence-electron chi connectivity index (χ4n) is 15.1. The van der Waals surface area contributed by atoms with Crippen molar-refractivity contribution < 1.29 is 19.5 Å². The molecular formula is C74H116N2O4. The molecule has 3 unspecified atom stereocenters. The molecule has 0 saturated carbocycles. The number of fused-ring (bicyclic) bond motifs is 6. The van der Waals surface area contributed by atoms with Crippen molar-refractivity contribution in [2.75, 3.05) is 0 Å². The van der Waals surface area contributed by atoms with Crippen molar-refractivity contribution in [1.29, 1.82) is 0 Å². The molecule has 2 aliphatic rings. The number of carbonyl (C=O) groups excluding carboxylic acids is 3. The first-order chi connectivity index (χ1) is 36.4. The molecule has 3 atom stereocenters. The second-order valence-corrected chi connectivity index (χ2v) is 33.4. The molecular weight excluding hydrogens is 981 g/mol. The minimum atomic E-state index is -1.36. The first-order valence-corrected chi connectivity index (χ1v) is 32.1. The van der Waals surface area contributed by atoms with E-state index >= 15 is 14.4 Å². The van der Waals surface area contributed by atoms with E-state index in [1.807, 2.05) is 4.90 Å². The van der Waals surface area contributed by atoms with Crippen LogP contribution in [-0.4, -0.2) is 44.7 Å². The van der Waals surface area contributed by atoms with Crippen molar-refractivity contribution in [3.8, 4) is 0 Å². The molecule has 0 radical (unpaired) electrons. The Labute approximate surface area is 489 Å². The van der Waals surface area contributed by atoms with Crippen LogP contribution in [0.1, 0.15) is 371 Å². The Morgan fingerprint density at radius 1 is 0.338 bits per heavy atom. The number of unbranched alkanes of at least 4 members (excludes halogenated alkanes) is 8. The van der Waals surface area contributed by atoms with Crippen LogP contribution in [0.15, 0.2) is 0 Å². The van der Waals surface area contributed by atoms with E-state index in [4.69, 9.17) is 0 Å². The molecule has 6 heteroatoms. The molecule has 0 spiro atoms. The van der Waals surface area contributed by atoms with Gasteiger partial charge in [0, 0.05) is 39.2 Å². The molecule has 0 saturated heterocycles. The predicted molar refractivity (Wildman–Crippen MR) is 345 cm³/mol. The molecule has 80 heavy (non-hydrogen) atoms. The van der Waals surface area contributed by atoms with Crippen LogP contribution in [0.2, 0.25) is 0 Å². The van der Waals surface area contributed by atoms with Crippen LogP contribution in [0.25, 0.3) is 32.3 Å². The van der Waals surface area contributed by atoms with Gasteiger partial charge >= 0.3 is 0 Å². The summed E-state index contributed by atoms with van der Waals surface area (Å²) in [5.41, 5.74) is 7.87. The maximum atomic E-state index is 17.2. The zero-order valence-electron chi connectivity index (χ0n) is 56.7. The van der Waals surface area contributed by atoms with Gasteiger partial charge in [-0.15, -0.1) is 0 Å². The largest absolute Gasteiger partial charge is 0.369 e. The number of carbonyl (C=O) groups is 3. The van der Waals surface area contributed by atoms with Crippen LogP contribution in [0.4, 0.5) is 0 Å². The second kappa shape index (κ2) is 22.3. The Kier molecular flexibility index (Phi) is 18.3. The summed E-state index contributed by atoms with van der Waals surface area (Å²) >= 11 is 0. The third-order valence-electron chi connectivity index (χ3n) is 18.1. The highest BCUT2D eigenvalue weighted by Gasteiger charge is 2.52. The summed E-state index contributed by atoms with van der Waals surface area (Å²) in [6.45, 7) is 64.3. The fourth-order valence-corrected chi connectivity index (χ4v) is 15.1. The topological polar surface area (TPSA) is 77.9 Å². The SMILES string of the molecule is CCCCCCCC(CC)N1C(=O)c2c3c(C(C)(C)C)c(C(C)(C)C)c(C(C)(C)C)c(C(C)(C)C)c3c3c4c(c5c(C(C)(C)C)c(C(C)(C)C)c(C(C)(C)C)c(C(C)(C)C)c5c(c24)C1=O)C(O)N(C(CC)CCCCCCC)C3=O. The predicted octanol–water partition coefficient (Wildman–Crippen LogP) is 20.8. The molecule has 0 aliphatic carbocycles. The number of hydrogen-bond donors (Lipinski definition) is 1. The summed E-state index contributed by atoms with van der Waals surface area (Å²) in [5.74, 6) is -0.730. The number of nitrogens with zero attached hydrogens (tertiary/aromatic N) is 2. The van der Waals surface area contributed by atoms with Crippen LogP contribution in [0.5, 0.6) is 0 Å². The van der Waals surface area contributed by atoms with Crippen molar-refractivity contribution in [2.24, 2.45) is 0 Å². The molecule has 4 aromatic carbocycles. The zero-order valence-corrected chi connectivity index (χ0v) is 56.7. The normalized spacial score (nSPS) is 17.1. The van der Waals surface area contributed by atoms with Crippen LogP contribution in [0.3, 0.4) is 0 Å². The van der Waals surface area contributed by atoms with Gasteiger partial charge in [0.05, 0.1) is 16.7 Å². The molecule has 0 aromatic heterocycles. The van der Waals surface area contributed by atoms with Crippen LogP contribution >= 0.6 is 0 Å². The van der Waals surface area contributed by atoms with E-state index in [1.54, 1.807) is 4.90 Å². The molecule has 2 heterocycles. The Morgan fingerprint density at radius 3 is 0.912 bits per heavy atom. The summed E-state index contributed by atoms with van der Waals surface area (Å²) in [4.78, 5) is 55.1. The molecule has 1 N–H and O–H groups in total. The van der Waals surface area contributed by atoms with Crippen molar-refractivity contribution in [3.63, 3.8) is 0 Å². The van der Waals surface area contributed by atoms with Gasteiger partial charge in [0.15, 0.2) is 6.23 Å². The van der Waals surface area contributed by atoms with E-state index in [-0.39, 0.29) is 29.8 Å². The Morgan fingerprint density at radius 2 is 0.613 bits per heavy atom. The lowest BCUT2D eigenvalue weighted by molar-refractivity contribution is -0.0178. The quantitative estimate of drug-likeness (QED) is 0.0689. The summed E-state index contributed by atoms with van der Waals surface area (Å²) in [6.07, 6.45) is 12.3. The van der Waals surface area contributed by atoms with Crippen LogP contribution in [-0.2, 0) is 43.3 Å². The Balaban J connectivity index is 2.24. The molecule has 6 nitrogen and oxygen atoms in total. The summed E-state index contributed by atoms with van der Waals surface area (Å²) in [7, 11) is 0. The standard InChI is InChI=1S/C74H116N2O4/c1-29-33-35-37-39-41-43(31-3)75-63(77)51-45-46-53(49-47(51)55(67(5,6)7)59(71(17,18)19)61(73(23,24)25)57(49)69(11,12)13)65(79)76(44(32-4)42-40-38-36-34-30-2)66(80)54(46)50-48(52(45)64(75)78)56(68(8,9)10)60(72(20,21)22)62(74(26,27)28)58(50)70(14,15)16/h43-44,63,77H,29-42H2,1-28H3. The number of aliphatic hydroxyl groups excluding tert-OH is 1. The van der Waals surface area contributed by atoms with Crippen molar-refractivity contribution in [2.45, 2.75) is 345 Å². The number of aliphatic hydroxyl groups is 1. The highest BCUT2D eigenvalue weighted by Crippen LogP contribution is 2.61. The van der Waals surface area contributed by atoms with Gasteiger partial charge in [-0.3, -0.25) is 19.3 Å². The van der Waals surface area contributed by atoms with Crippen molar-refractivity contribution in [1.82, 2.24) is 9.80 Å². The number of benzene rings is 4. The van der Waals surface area contributed by atoms with Crippen molar-refractivity contribution in [3.05, 3.63) is 66.8 Å². The number of imide groups is 1. The Bertz CT molecular complexity index is 3010. The molecule has 2 aliphatic heterocycles. The van der Waals surface area contributed by atoms with Gasteiger partial charge in [-0.25, -0.2) is 0 Å². The van der Waals surface area contributed by atoms with Crippen LogP contribution < -0.4 is 0 Å². The number of amides is 3. The monoisotopic (exact) mass is 1100 g/mol. The average molecular weight is 1100 g/mol. The first kappa shape index (κ1) is 65.4. The highest BCUT2D eigenvalue weighted by atomic mass is 16.3. The average Bonchev–Trinajstić information content (AvgIpc) is 3.37. The molecule has 4 aromatic rings. The third-order valence-corrected chi connectivity index (χ3v) is 18.1. The van der Waals surface area contributed by atoms with E-state index in [2.05, 4.69) is 194 Å². The van der Waals surface area contributed by atoms with Gasteiger partial charge in [-0.1, -0.05) is 258 Å². The van der Waals surface area contributed by atoms with Gasteiger partial charge in [-0.2, -0.15) is 0 Å². The summed E-state index contributed by atoms with van der Waals surface area (Å²) < 4.78 is 0. The molecule has 0 fully saturated rings. The maximum Gasteiger partial charge on any atom is 0.262 e. The highest BCUT2D eigenvalue weighted by molar-refractivity contribution is 6.40. The third kappa shape index (κ3) is 11.5. The summed E-state index contributed by atoms with van der Waals surface area (Å²) in [5, 5.41) is 18.8. The van der Waals surface area contributed by atoms with E-state index < -0.39 is 49.5 Å². The minimum Gasteiger partial charge on any atom is -0.369 e. The molecule has 3 amide bonds. The lowest BCUT2D eigenvalue weighted by Gasteiger charge is -2.48. The summed E-state index contributed by atoms with van der Waals surface area (Å²) in [6, 6.07) is -0.622. The van der Waals surface area contributed by atoms with Gasteiger partial charge in [-0.05, 0) is 124 Å². The minimum absolute atomic E-state index is 0.197. The smallest absolute Gasteiger partial charge is 0.262 e. The lowest BCUT2D eigenvalue weighted by atomic mass is 9.59. The number of rotatable bonds is 16. The first-order valence-electron chi connectivity index (χ1n) is 32.1. The van der Waals surface area contributed by atoms with E-state index in [0.717, 1.165) is 108 Å². The second-order valence-electron chi connectivity index (χ2n) is 33.4. The van der Waals surface area contributed by atoms with E-state index in [0.29, 0.717) is 52.3 Å². The van der Waals surface area contributed by atoms with Gasteiger partial charge in [0.2, 0.25) is 0 Å². The molecule has 6 rings (SSSR count). The molecule has 446 valence electrons. The zero-order chi connectivity index (χ0) is 60.9. The van der Waals surface area contributed by atoms with Gasteiger partial charge in [0.1, 0.15) is 0 Å². The van der Waals surface area contributed by atoms with E-state index in [9.17, 15) is 5.11 Å². The maximum absolute atomic E-state index is 17.2. The fraction of sp³-hybridized carbons (Fsp3) is 0.716. The molecule has 0 bridgehead atoms. The number of hydrogen-bond acceptors (Lipinski definition) is 4. The van der Waals surface area contributed by atoms with Gasteiger partial charge < -0.3 is 10.0 Å². The Hall–Kier alpha value is -3.77. The van der Waals surface area contributed by atoms with Crippen LogP contribution in [0, 0.1) is 0 Å². The van der Waals surface area contributed by atoms with Gasteiger partial charge in [0.25, 0.3) is 17.7 Å².